The molecule has 0 aliphatic carbocycles. The van der Waals surface area contributed by atoms with Crippen molar-refractivity contribution in [3.8, 4) is 0 Å². The second-order valence-corrected chi connectivity index (χ2v) is 5.72. The van der Waals surface area contributed by atoms with E-state index in [-0.39, 0.29) is 5.92 Å². The van der Waals surface area contributed by atoms with Crippen LogP contribution in [0.5, 0.6) is 0 Å². The number of carbonyl (C=O) groups is 1. The van der Waals surface area contributed by atoms with Gasteiger partial charge in [0.25, 0.3) is 0 Å². The van der Waals surface area contributed by atoms with E-state index in [0.29, 0.717) is 18.1 Å². The molecular formula is C11H15BrOS. The van der Waals surface area contributed by atoms with Crippen LogP contribution in [0.3, 0.4) is 0 Å². The third-order valence-corrected chi connectivity index (χ3v) is 4.46. The molecule has 1 heterocycles. The molecule has 0 amide bonds. The van der Waals surface area contributed by atoms with Gasteiger partial charge in [0, 0.05) is 21.7 Å². The van der Waals surface area contributed by atoms with E-state index in [2.05, 4.69) is 29.8 Å². The van der Waals surface area contributed by atoms with Gasteiger partial charge in [0.1, 0.15) is 5.78 Å². The Hall–Kier alpha value is -0.150. The summed E-state index contributed by atoms with van der Waals surface area (Å²) in [5.41, 5.74) is 0. The average molecular weight is 275 g/mol. The maximum atomic E-state index is 11.8. The van der Waals surface area contributed by atoms with Crippen LogP contribution in [0.15, 0.2) is 15.9 Å². The Balaban J connectivity index is 2.62. The van der Waals surface area contributed by atoms with Crippen molar-refractivity contribution >= 4 is 33.0 Å². The first-order valence-electron chi connectivity index (χ1n) is 4.77. The van der Waals surface area contributed by atoms with Gasteiger partial charge in [-0.3, -0.25) is 4.79 Å². The third kappa shape index (κ3) is 2.92. The lowest BCUT2D eigenvalue weighted by molar-refractivity contribution is -0.122. The fraction of sp³-hybridized carbons (Fsp3) is 0.545. The summed E-state index contributed by atoms with van der Waals surface area (Å²) in [6, 6.07) is 1.99. The highest BCUT2D eigenvalue weighted by atomic mass is 79.9. The quantitative estimate of drug-likeness (QED) is 0.814. The maximum Gasteiger partial charge on any atom is 0.141 e. The van der Waals surface area contributed by atoms with Gasteiger partial charge in [-0.05, 0) is 33.3 Å². The fourth-order valence-corrected chi connectivity index (χ4v) is 2.64. The Morgan fingerprint density at radius 3 is 2.57 bits per heavy atom. The molecule has 1 aromatic heterocycles. The first kappa shape index (κ1) is 11.9. The zero-order chi connectivity index (χ0) is 10.7. The SMILES string of the molecule is CC(C)C(C)C(=O)Cc1sccc1Br. The molecule has 0 N–H and O–H groups in total. The molecule has 1 rings (SSSR count). The monoisotopic (exact) mass is 274 g/mol. The number of hydrogen-bond donors (Lipinski definition) is 0. The van der Waals surface area contributed by atoms with Gasteiger partial charge in [0.15, 0.2) is 0 Å². The van der Waals surface area contributed by atoms with E-state index >= 15 is 0 Å². The highest BCUT2D eigenvalue weighted by molar-refractivity contribution is 9.10. The molecule has 0 radical (unpaired) electrons. The predicted molar refractivity (Wildman–Crippen MR) is 64.7 cm³/mol. The van der Waals surface area contributed by atoms with Gasteiger partial charge in [-0.25, -0.2) is 0 Å². The summed E-state index contributed by atoms with van der Waals surface area (Å²) in [5, 5.41) is 2.01. The van der Waals surface area contributed by atoms with Crippen molar-refractivity contribution in [2.75, 3.05) is 0 Å². The van der Waals surface area contributed by atoms with Crippen molar-refractivity contribution in [1.29, 1.82) is 0 Å². The number of hydrogen-bond acceptors (Lipinski definition) is 2. The Labute approximate surface area is 97.7 Å². The van der Waals surface area contributed by atoms with Gasteiger partial charge >= 0.3 is 0 Å². The van der Waals surface area contributed by atoms with Crippen molar-refractivity contribution in [1.82, 2.24) is 0 Å². The molecule has 1 unspecified atom stereocenters. The Morgan fingerprint density at radius 1 is 1.50 bits per heavy atom. The smallest absolute Gasteiger partial charge is 0.141 e. The molecule has 1 nitrogen and oxygen atoms in total. The average Bonchev–Trinajstić information content (AvgIpc) is 2.50. The molecule has 1 atom stereocenters. The number of thiophene rings is 1. The normalized spacial score (nSPS) is 13.2. The molecule has 0 saturated carbocycles. The van der Waals surface area contributed by atoms with Crippen LogP contribution in [0.4, 0.5) is 0 Å². The summed E-state index contributed by atoms with van der Waals surface area (Å²) < 4.78 is 1.06. The second kappa shape index (κ2) is 5.08. The van der Waals surface area contributed by atoms with Crippen LogP contribution in [-0.4, -0.2) is 5.78 Å². The molecule has 1 aromatic rings. The molecule has 0 saturated heterocycles. The molecule has 0 aromatic carbocycles. The highest BCUT2D eigenvalue weighted by Crippen LogP contribution is 2.25. The molecule has 0 bridgehead atoms. The topological polar surface area (TPSA) is 17.1 Å². The first-order valence-corrected chi connectivity index (χ1v) is 6.44. The van der Waals surface area contributed by atoms with Gasteiger partial charge in [-0.2, -0.15) is 0 Å². The van der Waals surface area contributed by atoms with Crippen LogP contribution < -0.4 is 0 Å². The van der Waals surface area contributed by atoms with E-state index in [9.17, 15) is 4.79 Å². The fourth-order valence-electron chi connectivity index (χ4n) is 1.14. The largest absolute Gasteiger partial charge is 0.299 e. The van der Waals surface area contributed by atoms with Crippen molar-refractivity contribution in [2.45, 2.75) is 27.2 Å². The van der Waals surface area contributed by atoms with Crippen molar-refractivity contribution in [3.63, 3.8) is 0 Å². The van der Waals surface area contributed by atoms with Crippen LogP contribution in [0, 0.1) is 11.8 Å². The predicted octanol–water partition coefficient (Wildman–Crippen LogP) is 3.91. The van der Waals surface area contributed by atoms with Crippen molar-refractivity contribution < 1.29 is 4.79 Å². The summed E-state index contributed by atoms with van der Waals surface area (Å²) in [4.78, 5) is 12.9. The molecule has 0 aliphatic rings. The van der Waals surface area contributed by atoms with E-state index in [1.165, 1.54) is 0 Å². The van der Waals surface area contributed by atoms with Gasteiger partial charge in [-0.15, -0.1) is 11.3 Å². The minimum atomic E-state index is 0.156. The summed E-state index contributed by atoms with van der Waals surface area (Å²) in [6.07, 6.45) is 0.567. The molecule has 3 heteroatoms. The van der Waals surface area contributed by atoms with E-state index in [0.717, 1.165) is 9.35 Å². The first-order chi connectivity index (χ1) is 6.52. The van der Waals surface area contributed by atoms with E-state index in [1.54, 1.807) is 11.3 Å². The lowest BCUT2D eigenvalue weighted by atomic mass is 9.92. The second-order valence-electron chi connectivity index (χ2n) is 3.87. The standard InChI is InChI=1S/C11H15BrOS/c1-7(2)8(3)10(13)6-11-9(12)4-5-14-11/h4-5,7-8H,6H2,1-3H3. The Bertz CT molecular complexity index is 317. The van der Waals surface area contributed by atoms with E-state index in [4.69, 9.17) is 0 Å². The lowest BCUT2D eigenvalue weighted by Gasteiger charge is -2.13. The minimum Gasteiger partial charge on any atom is -0.299 e. The van der Waals surface area contributed by atoms with Crippen LogP contribution in [-0.2, 0) is 11.2 Å². The number of ketones is 1. The van der Waals surface area contributed by atoms with Gasteiger partial charge in [-0.1, -0.05) is 20.8 Å². The van der Waals surface area contributed by atoms with Crippen molar-refractivity contribution in [3.05, 3.63) is 20.8 Å². The zero-order valence-electron chi connectivity index (χ0n) is 8.71. The molecule has 0 spiro atoms. The molecular weight excluding hydrogens is 260 g/mol. The van der Waals surface area contributed by atoms with Crippen LogP contribution in [0.25, 0.3) is 0 Å². The number of rotatable bonds is 4. The number of Topliss-reactive ketones (excluding diaryl/α,β-unsaturated/α-hetero) is 1. The van der Waals surface area contributed by atoms with E-state index in [1.807, 2.05) is 18.4 Å². The molecule has 14 heavy (non-hydrogen) atoms. The number of halogens is 1. The molecule has 0 aliphatic heterocycles. The molecule has 78 valence electrons. The number of carbonyl (C=O) groups excluding carboxylic acids is 1. The lowest BCUT2D eigenvalue weighted by Crippen LogP contribution is -2.18. The summed E-state index contributed by atoms with van der Waals surface area (Å²) in [7, 11) is 0. The van der Waals surface area contributed by atoms with E-state index < -0.39 is 0 Å². The van der Waals surface area contributed by atoms with Gasteiger partial charge in [0.05, 0.1) is 0 Å². The van der Waals surface area contributed by atoms with Gasteiger partial charge in [0.2, 0.25) is 0 Å². The van der Waals surface area contributed by atoms with Crippen molar-refractivity contribution in [2.24, 2.45) is 11.8 Å². The summed E-state index contributed by atoms with van der Waals surface area (Å²) in [6.45, 7) is 6.19. The van der Waals surface area contributed by atoms with Crippen LogP contribution >= 0.6 is 27.3 Å². The Kier molecular flexibility index (Phi) is 4.32. The van der Waals surface area contributed by atoms with Crippen LogP contribution in [0.2, 0.25) is 0 Å². The third-order valence-electron chi connectivity index (χ3n) is 2.53. The molecule has 0 fully saturated rings. The Morgan fingerprint density at radius 2 is 2.14 bits per heavy atom. The summed E-state index contributed by atoms with van der Waals surface area (Å²) >= 11 is 5.08. The maximum absolute atomic E-state index is 11.8. The summed E-state index contributed by atoms with van der Waals surface area (Å²) in [5.74, 6) is 0.924. The minimum absolute atomic E-state index is 0.156. The highest BCUT2D eigenvalue weighted by Gasteiger charge is 2.18. The zero-order valence-corrected chi connectivity index (χ0v) is 11.1. The van der Waals surface area contributed by atoms with Gasteiger partial charge < -0.3 is 0 Å². The van der Waals surface area contributed by atoms with Crippen LogP contribution in [0.1, 0.15) is 25.6 Å².